The highest BCUT2D eigenvalue weighted by molar-refractivity contribution is 7.99. The van der Waals surface area contributed by atoms with Crippen molar-refractivity contribution in [3.63, 3.8) is 0 Å². The summed E-state index contributed by atoms with van der Waals surface area (Å²) in [6.07, 6.45) is 3.49. The van der Waals surface area contributed by atoms with E-state index >= 15 is 0 Å². The van der Waals surface area contributed by atoms with Gasteiger partial charge in [0.1, 0.15) is 5.56 Å². The van der Waals surface area contributed by atoms with E-state index in [9.17, 15) is 9.59 Å². The summed E-state index contributed by atoms with van der Waals surface area (Å²) in [6, 6.07) is 10.6. The fourth-order valence-corrected chi connectivity index (χ4v) is 3.59. The van der Waals surface area contributed by atoms with Crippen LogP contribution in [0.5, 0.6) is 0 Å². The van der Waals surface area contributed by atoms with Crippen molar-refractivity contribution in [1.29, 1.82) is 0 Å². The highest BCUT2D eigenvalue weighted by Gasteiger charge is 2.18. The Morgan fingerprint density at radius 3 is 2.96 bits per heavy atom. The molecule has 120 valence electrons. The van der Waals surface area contributed by atoms with E-state index in [4.69, 9.17) is 0 Å². The molecule has 3 aromatic rings. The number of aromatic nitrogens is 3. The van der Waals surface area contributed by atoms with E-state index in [1.165, 1.54) is 12.3 Å². The van der Waals surface area contributed by atoms with Gasteiger partial charge in [-0.3, -0.25) is 9.59 Å². The zero-order valence-electron chi connectivity index (χ0n) is 12.7. The first kappa shape index (κ1) is 14.8. The van der Waals surface area contributed by atoms with Gasteiger partial charge in [0.2, 0.25) is 0 Å². The Hall–Kier alpha value is -2.80. The van der Waals surface area contributed by atoms with E-state index in [2.05, 4.69) is 19.9 Å². The van der Waals surface area contributed by atoms with Gasteiger partial charge >= 0.3 is 0 Å². The molecule has 0 fully saturated rings. The normalized spacial score (nSPS) is 12.8. The molecule has 2 N–H and O–H groups in total. The number of hydrogen-bond acceptors (Lipinski definition) is 4. The molecule has 24 heavy (non-hydrogen) atoms. The molecule has 0 atom stereocenters. The molecule has 0 unspecified atom stereocenters. The van der Waals surface area contributed by atoms with Gasteiger partial charge in [-0.2, -0.15) is 0 Å². The van der Waals surface area contributed by atoms with E-state index in [1.54, 1.807) is 17.8 Å². The highest BCUT2D eigenvalue weighted by Crippen LogP contribution is 2.32. The van der Waals surface area contributed by atoms with Crippen LogP contribution >= 0.6 is 11.8 Å². The Kier molecular flexibility index (Phi) is 3.70. The molecular formula is C17H14N4O2S. The number of aryl methyl sites for hydroxylation is 1. The van der Waals surface area contributed by atoms with Crippen molar-refractivity contribution in [3.05, 3.63) is 64.7 Å². The van der Waals surface area contributed by atoms with Crippen molar-refractivity contribution in [2.75, 3.05) is 11.1 Å². The largest absolute Gasteiger partial charge is 0.328 e. The van der Waals surface area contributed by atoms with Crippen LogP contribution in [0.4, 0.5) is 5.69 Å². The predicted octanol–water partition coefficient (Wildman–Crippen LogP) is 2.60. The number of benzene rings is 1. The SMILES string of the molecule is O=C(Nc1ccccc1-c1cn2c(n1)SCC2)c1ccc[nH]c1=O. The third-order valence-electron chi connectivity index (χ3n) is 3.82. The number of hydrogen-bond donors (Lipinski definition) is 2. The number of rotatable bonds is 3. The highest BCUT2D eigenvalue weighted by atomic mass is 32.2. The number of carbonyl (C=O) groups excluding carboxylic acids is 1. The Balaban J connectivity index is 1.68. The molecule has 3 heterocycles. The molecule has 7 heteroatoms. The van der Waals surface area contributed by atoms with Crippen molar-refractivity contribution >= 4 is 23.4 Å². The maximum atomic E-state index is 12.4. The summed E-state index contributed by atoms with van der Waals surface area (Å²) in [7, 11) is 0. The lowest BCUT2D eigenvalue weighted by Crippen LogP contribution is -2.22. The molecule has 0 saturated heterocycles. The number of nitrogens with zero attached hydrogens (tertiary/aromatic N) is 2. The van der Waals surface area contributed by atoms with E-state index in [0.717, 1.165) is 28.7 Å². The molecule has 1 amide bonds. The van der Waals surface area contributed by atoms with Crippen molar-refractivity contribution < 1.29 is 4.79 Å². The van der Waals surface area contributed by atoms with Crippen LogP contribution in [-0.4, -0.2) is 26.2 Å². The van der Waals surface area contributed by atoms with Gasteiger partial charge in [0.25, 0.3) is 11.5 Å². The quantitative estimate of drug-likeness (QED) is 0.769. The molecular weight excluding hydrogens is 324 g/mol. The lowest BCUT2D eigenvalue weighted by Gasteiger charge is -2.09. The van der Waals surface area contributed by atoms with Gasteiger partial charge in [-0.05, 0) is 18.2 Å². The molecule has 2 aromatic heterocycles. The first-order valence-electron chi connectivity index (χ1n) is 7.51. The average Bonchev–Trinajstić information content (AvgIpc) is 3.17. The van der Waals surface area contributed by atoms with Gasteiger partial charge < -0.3 is 14.9 Å². The van der Waals surface area contributed by atoms with Gasteiger partial charge in [-0.25, -0.2) is 4.98 Å². The molecule has 0 bridgehead atoms. The van der Waals surface area contributed by atoms with Crippen molar-refractivity contribution in [2.24, 2.45) is 0 Å². The molecule has 0 aliphatic carbocycles. The summed E-state index contributed by atoms with van der Waals surface area (Å²) >= 11 is 1.72. The Labute approximate surface area is 141 Å². The van der Waals surface area contributed by atoms with Crippen LogP contribution in [0, 0.1) is 0 Å². The van der Waals surface area contributed by atoms with Crippen LogP contribution in [-0.2, 0) is 6.54 Å². The summed E-state index contributed by atoms with van der Waals surface area (Å²) in [6.45, 7) is 0.945. The lowest BCUT2D eigenvalue weighted by molar-refractivity contribution is 0.102. The molecule has 0 radical (unpaired) electrons. The van der Waals surface area contributed by atoms with E-state index in [1.807, 2.05) is 30.5 Å². The summed E-state index contributed by atoms with van der Waals surface area (Å²) in [5.74, 6) is 0.600. The van der Waals surface area contributed by atoms with Gasteiger partial charge in [0, 0.05) is 30.3 Å². The number of imidazole rings is 1. The monoisotopic (exact) mass is 338 g/mol. The molecule has 4 rings (SSSR count). The summed E-state index contributed by atoms with van der Waals surface area (Å²) in [5, 5.41) is 3.81. The smallest absolute Gasteiger partial charge is 0.261 e. The molecule has 1 aliphatic heterocycles. The number of para-hydroxylation sites is 1. The second-order valence-corrected chi connectivity index (χ2v) is 6.43. The number of thioether (sulfide) groups is 1. The third kappa shape index (κ3) is 2.63. The van der Waals surface area contributed by atoms with Crippen LogP contribution in [0.15, 0.2) is 58.7 Å². The number of fused-ring (bicyclic) bond motifs is 1. The van der Waals surface area contributed by atoms with Crippen molar-refractivity contribution in [1.82, 2.24) is 14.5 Å². The number of anilines is 1. The number of amides is 1. The van der Waals surface area contributed by atoms with Crippen molar-refractivity contribution in [3.8, 4) is 11.3 Å². The topological polar surface area (TPSA) is 79.8 Å². The predicted molar refractivity (Wildman–Crippen MR) is 93.4 cm³/mol. The minimum Gasteiger partial charge on any atom is -0.328 e. The molecule has 6 nitrogen and oxygen atoms in total. The summed E-state index contributed by atoms with van der Waals surface area (Å²) < 4.78 is 2.11. The first-order chi connectivity index (χ1) is 11.7. The van der Waals surface area contributed by atoms with Crippen LogP contribution in [0.1, 0.15) is 10.4 Å². The fraction of sp³-hybridized carbons (Fsp3) is 0.118. The molecule has 0 spiro atoms. The second-order valence-electron chi connectivity index (χ2n) is 5.36. The average molecular weight is 338 g/mol. The Morgan fingerprint density at radius 2 is 2.12 bits per heavy atom. The van der Waals surface area contributed by atoms with Gasteiger partial charge in [0.15, 0.2) is 5.16 Å². The van der Waals surface area contributed by atoms with Gasteiger partial charge in [-0.15, -0.1) is 0 Å². The van der Waals surface area contributed by atoms with Crippen LogP contribution in [0.2, 0.25) is 0 Å². The van der Waals surface area contributed by atoms with E-state index in [-0.39, 0.29) is 5.56 Å². The Morgan fingerprint density at radius 1 is 1.25 bits per heavy atom. The summed E-state index contributed by atoms with van der Waals surface area (Å²) in [5.41, 5.74) is 1.95. The summed E-state index contributed by atoms with van der Waals surface area (Å²) in [4.78, 5) is 31.3. The lowest BCUT2D eigenvalue weighted by atomic mass is 10.1. The van der Waals surface area contributed by atoms with E-state index < -0.39 is 11.5 Å². The molecule has 1 aromatic carbocycles. The zero-order valence-corrected chi connectivity index (χ0v) is 13.5. The molecule has 0 saturated carbocycles. The van der Waals surface area contributed by atoms with Gasteiger partial charge in [0.05, 0.1) is 11.4 Å². The third-order valence-corrected chi connectivity index (χ3v) is 4.79. The minimum atomic E-state index is -0.439. The van der Waals surface area contributed by atoms with Crippen LogP contribution in [0.3, 0.4) is 0 Å². The number of aromatic amines is 1. The minimum absolute atomic E-state index is 0.0789. The van der Waals surface area contributed by atoms with Crippen molar-refractivity contribution in [2.45, 2.75) is 11.7 Å². The number of nitrogens with one attached hydrogen (secondary N) is 2. The van der Waals surface area contributed by atoms with Crippen LogP contribution < -0.4 is 10.9 Å². The number of carbonyl (C=O) groups is 1. The van der Waals surface area contributed by atoms with E-state index in [0.29, 0.717) is 5.69 Å². The number of H-pyrrole nitrogens is 1. The van der Waals surface area contributed by atoms with Gasteiger partial charge in [-0.1, -0.05) is 30.0 Å². The fourth-order valence-electron chi connectivity index (χ4n) is 2.64. The maximum absolute atomic E-state index is 12.4. The first-order valence-corrected chi connectivity index (χ1v) is 8.49. The maximum Gasteiger partial charge on any atom is 0.261 e. The Bertz CT molecular complexity index is 955. The second kappa shape index (κ2) is 6.01. The standard InChI is InChI=1S/C17H14N4O2S/c22-15-12(5-3-7-18-15)16(23)19-13-6-2-1-4-11(13)14-10-21-8-9-24-17(21)20-14/h1-7,10H,8-9H2,(H,18,22)(H,19,23). The number of pyridine rings is 1. The molecule has 1 aliphatic rings. The zero-order chi connectivity index (χ0) is 16.5. The van der Waals surface area contributed by atoms with Crippen LogP contribution in [0.25, 0.3) is 11.3 Å².